The Morgan fingerprint density at radius 3 is 2.81 bits per heavy atom. The van der Waals surface area contributed by atoms with E-state index in [-0.39, 0.29) is 6.04 Å². The van der Waals surface area contributed by atoms with Gasteiger partial charge in [0.05, 0.1) is 23.8 Å². The van der Waals surface area contributed by atoms with Crippen LogP contribution < -0.4 is 5.32 Å². The highest BCUT2D eigenvalue weighted by Crippen LogP contribution is 2.25. The molecule has 1 N–H and O–H groups in total. The van der Waals surface area contributed by atoms with E-state index in [4.69, 9.17) is 4.98 Å². The maximum absolute atomic E-state index is 4.74. The molecule has 0 bridgehead atoms. The van der Waals surface area contributed by atoms with E-state index < -0.39 is 0 Å². The highest BCUT2D eigenvalue weighted by Gasteiger charge is 2.11. The summed E-state index contributed by atoms with van der Waals surface area (Å²) in [5, 5.41) is 6.72. The van der Waals surface area contributed by atoms with Crippen molar-refractivity contribution < 1.29 is 0 Å². The number of imidazole rings is 1. The number of nitrogens with one attached hydrogen (secondary N) is 1. The van der Waals surface area contributed by atoms with Gasteiger partial charge in [0.2, 0.25) is 0 Å². The number of hydrogen-bond donors (Lipinski definition) is 1. The number of nitrogens with zero attached hydrogens (tertiary/aromatic N) is 3. The Balaban J connectivity index is 1.67. The van der Waals surface area contributed by atoms with Crippen LogP contribution in [-0.4, -0.2) is 14.5 Å². The molecule has 4 nitrogen and oxygen atoms in total. The Hall–Kier alpha value is -1.98. The molecule has 0 saturated heterocycles. The molecular formula is C16H18N4S. The Kier molecular flexibility index (Phi) is 4.13. The van der Waals surface area contributed by atoms with E-state index in [9.17, 15) is 0 Å². The first kappa shape index (κ1) is 14.0. The molecule has 1 aromatic carbocycles. The van der Waals surface area contributed by atoms with Gasteiger partial charge in [-0.15, -0.1) is 11.3 Å². The van der Waals surface area contributed by atoms with E-state index in [0.717, 1.165) is 17.2 Å². The van der Waals surface area contributed by atoms with Crippen LogP contribution in [0.1, 0.15) is 23.7 Å². The van der Waals surface area contributed by atoms with Crippen LogP contribution in [0.2, 0.25) is 0 Å². The van der Waals surface area contributed by atoms with E-state index >= 15 is 0 Å². The van der Waals surface area contributed by atoms with Gasteiger partial charge < -0.3 is 9.88 Å². The van der Waals surface area contributed by atoms with Gasteiger partial charge in [-0.05, 0) is 6.92 Å². The minimum atomic E-state index is 0.224. The molecule has 0 radical (unpaired) electrons. The normalized spacial score (nSPS) is 12.5. The molecule has 3 rings (SSSR count). The monoisotopic (exact) mass is 298 g/mol. The maximum Gasteiger partial charge on any atom is 0.110 e. The minimum absolute atomic E-state index is 0.224. The quantitative estimate of drug-likeness (QED) is 0.785. The molecule has 21 heavy (non-hydrogen) atoms. The van der Waals surface area contributed by atoms with Crippen molar-refractivity contribution in [3.05, 3.63) is 58.9 Å². The van der Waals surface area contributed by atoms with Crippen LogP contribution in [0.15, 0.2) is 48.2 Å². The molecule has 3 aromatic rings. The summed E-state index contributed by atoms with van der Waals surface area (Å²) in [7, 11) is 2.01. The van der Waals surface area contributed by atoms with Crippen molar-refractivity contribution in [1.82, 2.24) is 19.9 Å². The number of aromatic nitrogens is 3. The maximum atomic E-state index is 4.74. The zero-order chi connectivity index (χ0) is 14.7. The molecule has 2 aromatic heterocycles. The summed E-state index contributed by atoms with van der Waals surface area (Å²) >= 11 is 1.70. The molecule has 0 fully saturated rings. The molecule has 0 amide bonds. The van der Waals surface area contributed by atoms with Crippen LogP contribution in [-0.2, 0) is 13.6 Å². The molecule has 2 heterocycles. The number of thiazole rings is 1. The largest absolute Gasteiger partial charge is 0.337 e. The summed E-state index contributed by atoms with van der Waals surface area (Å²) in [6, 6.07) is 10.5. The van der Waals surface area contributed by atoms with E-state index in [1.165, 1.54) is 11.3 Å². The van der Waals surface area contributed by atoms with Gasteiger partial charge in [-0.2, -0.15) is 0 Å². The van der Waals surface area contributed by atoms with Gasteiger partial charge in [0.25, 0.3) is 0 Å². The predicted molar refractivity (Wildman–Crippen MR) is 86.0 cm³/mol. The van der Waals surface area contributed by atoms with E-state index in [2.05, 4.69) is 34.7 Å². The third-order valence-corrected chi connectivity index (χ3v) is 4.50. The van der Waals surface area contributed by atoms with Crippen molar-refractivity contribution >= 4 is 11.3 Å². The average molecular weight is 298 g/mol. The second kappa shape index (κ2) is 6.20. The number of aryl methyl sites for hydroxylation is 1. The SMILES string of the molecule is CC(NCc1cncn1C)c1nc(-c2ccccc2)cs1. The van der Waals surface area contributed by atoms with Gasteiger partial charge >= 0.3 is 0 Å². The molecule has 0 aliphatic heterocycles. The Morgan fingerprint density at radius 2 is 2.10 bits per heavy atom. The van der Waals surface area contributed by atoms with Gasteiger partial charge in [0, 0.05) is 30.7 Å². The van der Waals surface area contributed by atoms with Gasteiger partial charge in [0.15, 0.2) is 0 Å². The van der Waals surface area contributed by atoms with Crippen LogP contribution in [0.4, 0.5) is 0 Å². The summed E-state index contributed by atoms with van der Waals surface area (Å²) in [6.45, 7) is 2.93. The van der Waals surface area contributed by atoms with Crippen LogP contribution in [0, 0.1) is 0 Å². The van der Waals surface area contributed by atoms with Crippen LogP contribution >= 0.6 is 11.3 Å². The third kappa shape index (κ3) is 3.20. The summed E-state index contributed by atoms with van der Waals surface area (Å²) in [5.41, 5.74) is 3.38. The van der Waals surface area contributed by atoms with Crippen molar-refractivity contribution in [1.29, 1.82) is 0 Å². The first-order valence-electron chi connectivity index (χ1n) is 6.93. The zero-order valence-electron chi connectivity index (χ0n) is 12.2. The second-order valence-electron chi connectivity index (χ2n) is 5.04. The minimum Gasteiger partial charge on any atom is -0.337 e. The van der Waals surface area contributed by atoms with Crippen molar-refractivity contribution in [2.45, 2.75) is 19.5 Å². The van der Waals surface area contributed by atoms with Gasteiger partial charge in [-0.3, -0.25) is 0 Å². The molecule has 0 spiro atoms. The first-order chi connectivity index (χ1) is 10.2. The first-order valence-corrected chi connectivity index (χ1v) is 7.81. The fourth-order valence-electron chi connectivity index (χ4n) is 2.13. The highest BCUT2D eigenvalue weighted by molar-refractivity contribution is 7.10. The number of rotatable bonds is 5. The lowest BCUT2D eigenvalue weighted by Crippen LogP contribution is -2.19. The lowest BCUT2D eigenvalue weighted by atomic mass is 10.2. The second-order valence-corrected chi connectivity index (χ2v) is 5.93. The number of benzene rings is 1. The van der Waals surface area contributed by atoms with Crippen LogP contribution in [0.3, 0.4) is 0 Å². The van der Waals surface area contributed by atoms with Crippen molar-refractivity contribution in [2.75, 3.05) is 0 Å². The molecule has 1 unspecified atom stereocenters. The molecule has 5 heteroatoms. The molecular weight excluding hydrogens is 280 g/mol. The van der Waals surface area contributed by atoms with Gasteiger partial charge in [-0.1, -0.05) is 30.3 Å². The van der Waals surface area contributed by atoms with E-state index in [0.29, 0.717) is 0 Å². The van der Waals surface area contributed by atoms with E-state index in [1.54, 1.807) is 11.3 Å². The zero-order valence-corrected chi connectivity index (χ0v) is 13.0. The topological polar surface area (TPSA) is 42.7 Å². The van der Waals surface area contributed by atoms with Crippen molar-refractivity contribution in [3.8, 4) is 11.3 Å². The van der Waals surface area contributed by atoms with Crippen molar-refractivity contribution in [2.24, 2.45) is 7.05 Å². The molecule has 0 aliphatic rings. The fraction of sp³-hybridized carbons (Fsp3) is 0.250. The van der Waals surface area contributed by atoms with Gasteiger partial charge in [-0.25, -0.2) is 9.97 Å². The number of hydrogen-bond acceptors (Lipinski definition) is 4. The summed E-state index contributed by atoms with van der Waals surface area (Å²) in [5.74, 6) is 0. The molecule has 1 atom stereocenters. The molecule has 0 saturated carbocycles. The van der Waals surface area contributed by atoms with E-state index in [1.807, 2.05) is 42.3 Å². The standard InChI is InChI=1S/C16H18N4S/c1-12(18-9-14-8-17-11-20(14)2)16-19-15(10-21-16)13-6-4-3-5-7-13/h3-8,10-12,18H,9H2,1-2H3. The Bertz CT molecular complexity index is 702. The van der Waals surface area contributed by atoms with Crippen LogP contribution in [0.25, 0.3) is 11.3 Å². The highest BCUT2D eigenvalue weighted by atomic mass is 32.1. The lowest BCUT2D eigenvalue weighted by Gasteiger charge is -2.11. The van der Waals surface area contributed by atoms with Crippen molar-refractivity contribution in [3.63, 3.8) is 0 Å². The molecule has 0 aliphatic carbocycles. The lowest BCUT2D eigenvalue weighted by molar-refractivity contribution is 0.556. The molecule has 108 valence electrons. The summed E-state index contributed by atoms with van der Waals surface area (Å²) in [4.78, 5) is 8.86. The Labute approximate surface area is 128 Å². The fourth-order valence-corrected chi connectivity index (χ4v) is 2.99. The Morgan fingerprint density at radius 1 is 1.29 bits per heavy atom. The third-order valence-electron chi connectivity index (χ3n) is 3.47. The smallest absolute Gasteiger partial charge is 0.110 e. The van der Waals surface area contributed by atoms with Crippen LogP contribution in [0.5, 0.6) is 0 Å². The summed E-state index contributed by atoms with van der Waals surface area (Å²) in [6.07, 6.45) is 3.70. The summed E-state index contributed by atoms with van der Waals surface area (Å²) < 4.78 is 2.02. The predicted octanol–water partition coefficient (Wildman–Crippen LogP) is 3.39. The average Bonchev–Trinajstić information content (AvgIpc) is 3.15. The van der Waals surface area contributed by atoms with Gasteiger partial charge in [0.1, 0.15) is 5.01 Å².